The van der Waals surface area contributed by atoms with Crippen molar-refractivity contribution in [1.82, 2.24) is 14.8 Å². The van der Waals surface area contributed by atoms with Crippen molar-refractivity contribution in [2.75, 3.05) is 0 Å². The van der Waals surface area contributed by atoms with E-state index in [0.29, 0.717) is 40.4 Å². The fourth-order valence-corrected chi connectivity index (χ4v) is 4.56. The summed E-state index contributed by atoms with van der Waals surface area (Å²) in [6, 6.07) is 16.8. The fourth-order valence-electron chi connectivity index (χ4n) is 4.56. The normalized spacial score (nSPS) is 12.9. The van der Waals surface area contributed by atoms with E-state index in [-0.39, 0.29) is 17.5 Å². The molecule has 1 aliphatic carbocycles. The van der Waals surface area contributed by atoms with Crippen molar-refractivity contribution in [2.24, 2.45) is 0 Å². The van der Waals surface area contributed by atoms with E-state index in [1.807, 2.05) is 25.1 Å². The Bertz CT molecular complexity index is 1630. The quantitative estimate of drug-likeness (QED) is 0.219. The summed E-state index contributed by atoms with van der Waals surface area (Å²) < 4.78 is 53.6. The molecule has 0 bridgehead atoms. The van der Waals surface area contributed by atoms with E-state index in [9.17, 15) is 18.0 Å². The number of esters is 1. The predicted octanol–water partition coefficient (Wildman–Crippen LogP) is 6.33. The molecule has 0 spiro atoms. The van der Waals surface area contributed by atoms with E-state index in [1.54, 1.807) is 30.3 Å². The van der Waals surface area contributed by atoms with Gasteiger partial charge in [-0.25, -0.2) is 14.5 Å². The van der Waals surface area contributed by atoms with Gasteiger partial charge in [-0.05, 0) is 55.8 Å². The molecule has 6 nitrogen and oxygen atoms in total. The van der Waals surface area contributed by atoms with Crippen LogP contribution in [0.4, 0.5) is 13.2 Å². The van der Waals surface area contributed by atoms with Crippen molar-refractivity contribution >= 4 is 16.9 Å². The third kappa shape index (κ3) is 3.64. The molecule has 180 valence electrons. The number of furan rings is 1. The van der Waals surface area contributed by atoms with Crippen LogP contribution < -0.4 is 4.74 Å². The molecule has 0 N–H and O–H groups in total. The molecule has 0 aliphatic heterocycles. The highest BCUT2D eigenvalue weighted by Crippen LogP contribution is 2.42. The molecule has 9 heteroatoms. The second-order valence-corrected chi connectivity index (χ2v) is 8.56. The first-order valence-corrected chi connectivity index (χ1v) is 11.2. The Labute approximate surface area is 202 Å². The van der Waals surface area contributed by atoms with Gasteiger partial charge in [0.15, 0.2) is 11.4 Å². The van der Waals surface area contributed by atoms with Crippen molar-refractivity contribution in [1.29, 1.82) is 0 Å². The molecule has 0 radical (unpaired) electrons. The van der Waals surface area contributed by atoms with Gasteiger partial charge in [0.25, 0.3) is 0 Å². The zero-order valence-corrected chi connectivity index (χ0v) is 19.0. The zero-order chi connectivity index (χ0) is 25.0. The minimum Gasteiger partial charge on any atom is -0.469 e. The molecule has 3 heterocycles. The number of hydrogen-bond donors (Lipinski definition) is 0. The maximum atomic E-state index is 13.8. The molecule has 0 saturated carbocycles. The van der Waals surface area contributed by atoms with Crippen LogP contribution in [0.3, 0.4) is 0 Å². The van der Waals surface area contributed by atoms with Gasteiger partial charge < -0.3 is 9.15 Å². The molecular weight excluding hydrogens is 471 g/mol. The Morgan fingerprint density at radius 2 is 1.83 bits per heavy atom. The zero-order valence-electron chi connectivity index (χ0n) is 19.0. The first kappa shape index (κ1) is 22.1. The van der Waals surface area contributed by atoms with Gasteiger partial charge in [0.1, 0.15) is 11.3 Å². The summed E-state index contributed by atoms with van der Waals surface area (Å²) >= 11 is 0. The first-order chi connectivity index (χ1) is 17.3. The van der Waals surface area contributed by atoms with Crippen molar-refractivity contribution in [2.45, 2.75) is 25.9 Å². The average Bonchev–Trinajstić information content (AvgIpc) is 3.49. The molecule has 36 heavy (non-hydrogen) atoms. The van der Waals surface area contributed by atoms with Crippen molar-refractivity contribution in [3.8, 4) is 22.7 Å². The molecule has 0 amide bonds. The fraction of sp³-hybridized carbons (Fsp3) is 0.148. The monoisotopic (exact) mass is 489 g/mol. The Balaban J connectivity index is 1.35. The summed E-state index contributed by atoms with van der Waals surface area (Å²) in [5, 5.41) is 4.76. The number of hydrogen-bond acceptors (Lipinski definition) is 5. The van der Waals surface area contributed by atoms with Crippen LogP contribution in [0.25, 0.3) is 27.8 Å². The van der Waals surface area contributed by atoms with Crippen LogP contribution in [-0.4, -0.2) is 20.7 Å². The van der Waals surface area contributed by atoms with Gasteiger partial charge in [0, 0.05) is 28.6 Å². The molecule has 0 fully saturated rings. The SMILES string of the molecule is Cc1ccc2cccc(OC(=O)c3ccc(-n4nc(C(F)(F)F)c5c4-c4ccoc4CC5)cc3)c2n1. The Morgan fingerprint density at radius 1 is 1.03 bits per heavy atom. The number of halogens is 3. The maximum Gasteiger partial charge on any atom is 0.435 e. The highest BCUT2D eigenvalue weighted by atomic mass is 19.4. The molecule has 6 rings (SSSR count). The number of benzene rings is 2. The molecule has 0 unspecified atom stereocenters. The highest BCUT2D eigenvalue weighted by Gasteiger charge is 2.41. The van der Waals surface area contributed by atoms with Crippen LogP contribution in [0, 0.1) is 6.92 Å². The number of aromatic nitrogens is 3. The van der Waals surface area contributed by atoms with Crippen LogP contribution >= 0.6 is 0 Å². The topological polar surface area (TPSA) is 70.2 Å². The van der Waals surface area contributed by atoms with Gasteiger partial charge in [0.05, 0.1) is 23.2 Å². The second kappa shape index (κ2) is 8.08. The Kier molecular flexibility index (Phi) is 4.96. The number of rotatable bonds is 3. The number of nitrogens with zero attached hydrogens (tertiary/aromatic N) is 3. The number of fused-ring (bicyclic) bond motifs is 4. The summed E-state index contributed by atoms with van der Waals surface area (Å²) in [7, 11) is 0. The van der Waals surface area contributed by atoms with E-state index in [0.717, 1.165) is 11.1 Å². The maximum absolute atomic E-state index is 13.8. The van der Waals surface area contributed by atoms with Gasteiger partial charge in [-0.2, -0.15) is 18.3 Å². The van der Waals surface area contributed by atoms with Crippen LogP contribution in [0.1, 0.15) is 33.1 Å². The number of carbonyl (C=O) groups excluding carboxylic acids is 1. The van der Waals surface area contributed by atoms with Crippen LogP contribution in [0.2, 0.25) is 0 Å². The van der Waals surface area contributed by atoms with Gasteiger partial charge in [-0.15, -0.1) is 0 Å². The number of carbonyl (C=O) groups is 1. The number of pyridine rings is 1. The van der Waals surface area contributed by atoms with E-state index >= 15 is 0 Å². The van der Waals surface area contributed by atoms with E-state index in [2.05, 4.69) is 10.1 Å². The van der Waals surface area contributed by atoms with Gasteiger partial charge in [-0.1, -0.05) is 18.2 Å². The molecule has 0 saturated heterocycles. The molecule has 0 atom stereocenters. The summed E-state index contributed by atoms with van der Waals surface area (Å²) in [5.41, 5.74) is 2.15. The number of para-hydroxylation sites is 1. The standard InChI is InChI=1S/C27H18F3N3O3/c1-15-5-6-16-3-2-4-22(23(16)31-15)36-26(34)17-7-9-18(10-8-17)33-24-19-13-14-35-21(19)12-11-20(24)25(32-33)27(28,29)30/h2-10,13-14H,11-12H2,1H3. The van der Waals surface area contributed by atoms with Crippen molar-refractivity contribution < 1.29 is 27.1 Å². The van der Waals surface area contributed by atoms with Gasteiger partial charge in [0.2, 0.25) is 0 Å². The van der Waals surface area contributed by atoms with Crippen LogP contribution in [-0.2, 0) is 19.0 Å². The lowest BCUT2D eigenvalue weighted by Gasteiger charge is -2.15. The van der Waals surface area contributed by atoms with E-state index < -0.39 is 17.8 Å². The lowest BCUT2D eigenvalue weighted by atomic mass is 9.94. The summed E-state index contributed by atoms with van der Waals surface area (Å²) in [6.45, 7) is 1.85. The predicted molar refractivity (Wildman–Crippen MR) is 125 cm³/mol. The lowest BCUT2D eigenvalue weighted by Crippen LogP contribution is -2.11. The lowest BCUT2D eigenvalue weighted by molar-refractivity contribution is -0.142. The second-order valence-electron chi connectivity index (χ2n) is 8.56. The average molecular weight is 489 g/mol. The minimum absolute atomic E-state index is 0.138. The first-order valence-electron chi connectivity index (χ1n) is 11.2. The minimum atomic E-state index is -4.59. The number of aryl methyl sites for hydroxylation is 2. The summed E-state index contributed by atoms with van der Waals surface area (Å²) in [5.74, 6) is 0.346. The van der Waals surface area contributed by atoms with Gasteiger partial charge in [-0.3, -0.25) is 0 Å². The largest absolute Gasteiger partial charge is 0.469 e. The highest BCUT2D eigenvalue weighted by molar-refractivity contribution is 5.94. The van der Waals surface area contributed by atoms with Crippen LogP contribution in [0.15, 0.2) is 71.3 Å². The number of alkyl halides is 3. The molecule has 1 aliphatic rings. The molecule has 5 aromatic rings. The van der Waals surface area contributed by atoms with Crippen molar-refractivity contribution in [3.05, 3.63) is 95.2 Å². The third-order valence-corrected chi connectivity index (χ3v) is 6.23. The Hall–Kier alpha value is -4.40. The summed E-state index contributed by atoms with van der Waals surface area (Å²) in [4.78, 5) is 17.3. The molecule has 2 aromatic carbocycles. The van der Waals surface area contributed by atoms with Gasteiger partial charge >= 0.3 is 12.1 Å². The smallest absolute Gasteiger partial charge is 0.435 e. The Morgan fingerprint density at radius 3 is 2.61 bits per heavy atom. The van der Waals surface area contributed by atoms with E-state index in [4.69, 9.17) is 9.15 Å². The third-order valence-electron chi connectivity index (χ3n) is 6.23. The van der Waals surface area contributed by atoms with E-state index in [1.165, 1.54) is 23.1 Å². The summed E-state index contributed by atoms with van der Waals surface area (Å²) in [6.07, 6.45) is -2.58. The van der Waals surface area contributed by atoms with Crippen molar-refractivity contribution in [3.63, 3.8) is 0 Å². The molecular formula is C27H18F3N3O3. The number of ether oxygens (including phenoxy) is 1. The van der Waals surface area contributed by atoms with Crippen LogP contribution in [0.5, 0.6) is 5.75 Å². The molecule has 3 aromatic heterocycles.